The molecule has 0 aliphatic rings. The van der Waals surface area contributed by atoms with Crippen LogP contribution in [0.25, 0.3) is 10.9 Å². The smallest absolute Gasteiger partial charge is 0.427 e. The third kappa shape index (κ3) is 3.92. The molecule has 0 aliphatic heterocycles. The molecule has 0 saturated carbocycles. The van der Waals surface area contributed by atoms with Crippen molar-refractivity contribution in [2.75, 3.05) is 0 Å². The monoisotopic (exact) mass is 372 g/mol. The number of aromatic amines is 1. The van der Waals surface area contributed by atoms with Crippen molar-refractivity contribution in [1.82, 2.24) is 10.3 Å². The van der Waals surface area contributed by atoms with Crippen LogP contribution in [0.3, 0.4) is 0 Å². The van der Waals surface area contributed by atoms with Crippen molar-refractivity contribution in [1.29, 1.82) is 0 Å². The second-order valence-electron chi connectivity index (χ2n) is 6.70. The third-order valence-corrected chi connectivity index (χ3v) is 4.10. The molecule has 0 aliphatic carbocycles. The van der Waals surface area contributed by atoms with E-state index in [0.717, 1.165) is 10.9 Å². The minimum Gasteiger partial charge on any atom is -0.480 e. The predicted octanol–water partition coefficient (Wildman–Crippen LogP) is 3.62. The molecule has 1 atom stereocenters. The van der Waals surface area contributed by atoms with Gasteiger partial charge in [0.05, 0.1) is 0 Å². The molecule has 0 fully saturated rings. The number of hydrogen-bond acceptors (Lipinski definition) is 3. The highest BCUT2D eigenvalue weighted by atomic mass is 19.4. The zero-order valence-corrected chi connectivity index (χ0v) is 14.4. The van der Waals surface area contributed by atoms with E-state index in [1.165, 1.54) is 6.92 Å². The van der Waals surface area contributed by atoms with Crippen molar-refractivity contribution in [2.24, 2.45) is 0 Å². The number of H-pyrrole nitrogens is 1. The average molecular weight is 372 g/mol. The Balaban J connectivity index is 2.22. The second kappa shape index (κ2) is 6.54. The first-order valence-electron chi connectivity index (χ1n) is 7.72. The standard InChI is InChI=1S/C17H19F3N2O4/c1-15(2,17(18,19)20)26-14(25)22-16(3,13(23)24)8-10-9-21-12-7-5-4-6-11(10)12/h4-7,9,21H,8H2,1-3H3,(H,22,25)(H,23,24). The van der Waals surface area contributed by atoms with Crippen LogP contribution in [0.2, 0.25) is 0 Å². The molecule has 0 bridgehead atoms. The van der Waals surface area contributed by atoms with Crippen molar-refractivity contribution in [2.45, 2.75) is 44.5 Å². The van der Waals surface area contributed by atoms with Crippen molar-refractivity contribution in [3.8, 4) is 0 Å². The third-order valence-electron chi connectivity index (χ3n) is 4.10. The Kier molecular flexibility index (Phi) is 4.94. The van der Waals surface area contributed by atoms with Gasteiger partial charge in [-0.05, 0) is 32.4 Å². The molecule has 3 N–H and O–H groups in total. The summed E-state index contributed by atoms with van der Waals surface area (Å²) in [7, 11) is 0. The van der Waals surface area contributed by atoms with Gasteiger partial charge in [-0.2, -0.15) is 13.2 Å². The molecule has 1 aromatic heterocycles. The second-order valence-corrected chi connectivity index (χ2v) is 6.70. The Bertz CT molecular complexity index is 829. The zero-order chi connectivity index (χ0) is 19.8. The zero-order valence-electron chi connectivity index (χ0n) is 14.4. The van der Waals surface area contributed by atoms with Gasteiger partial charge in [-0.15, -0.1) is 0 Å². The summed E-state index contributed by atoms with van der Waals surface area (Å²) >= 11 is 0. The van der Waals surface area contributed by atoms with Crippen LogP contribution in [-0.2, 0) is 16.0 Å². The molecule has 1 aromatic carbocycles. The van der Waals surface area contributed by atoms with Crippen LogP contribution in [0, 0.1) is 0 Å². The molecule has 0 spiro atoms. The maximum Gasteiger partial charge on any atom is 0.427 e. The van der Waals surface area contributed by atoms with Crippen LogP contribution in [0.15, 0.2) is 30.5 Å². The molecule has 1 unspecified atom stereocenters. The van der Waals surface area contributed by atoms with Gasteiger partial charge in [-0.3, -0.25) is 0 Å². The van der Waals surface area contributed by atoms with E-state index >= 15 is 0 Å². The highest BCUT2D eigenvalue weighted by Crippen LogP contribution is 2.33. The van der Waals surface area contributed by atoms with Crippen molar-refractivity contribution >= 4 is 23.0 Å². The van der Waals surface area contributed by atoms with E-state index < -0.39 is 29.4 Å². The number of alkyl carbamates (subject to hydrolysis) is 1. The summed E-state index contributed by atoms with van der Waals surface area (Å²) in [4.78, 5) is 26.6. The molecule has 26 heavy (non-hydrogen) atoms. The number of ether oxygens (including phenoxy) is 1. The van der Waals surface area contributed by atoms with Crippen LogP contribution in [-0.4, -0.2) is 39.5 Å². The fourth-order valence-electron chi connectivity index (χ4n) is 2.37. The van der Waals surface area contributed by atoms with E-state index in [9.17, 15) is 27.9 Å². The summed E-state index contributed by atoms with van der Waals surface area (Å²) in [5.41, 5.74) is -3.24. The number of carboxylic acids is 1. The van der Waals surface area contributed by atoms with Gasteiger partial charge in [0.2, 0.25) is 5.60 Å². The van der Waals surface area contributed by atoms with E-state index in [0.29, 0.717) is 19.4 Å². The Hall–Kier alpha value is -2.71. The SMILES string of the molecule is CC(Cc1c[nH]c2ccccc12)(NC(=O)OC(C)(C)C(F)(F)F)C(=O)O. The van der Waals surface area contributed by atoms with E-state index in [-0.39, 0.29) is 6.42 Å². The van der Waals surface area contributed by atoms with Crippen LogP contribution in [0.5, 0.6) is 0 Å². The van der Waals surface area contributed by atoms with Crippen molar-refractivity contribution < 1.29 is 32.6 Å². The van der Waals surface area contributed by atoms with Gasteiger partial charge in [-0.25, -0.2) is 9.59 Å². The Labute approximate surface area is 147 Å². The number of amides is 1. The Morgan fingerprint density at radius 3 is 2.38 bits per heavy atom. The minimum absolute atomic E-state index is 0.145. The lowest BCUT2D eigenvalue weighted by atomic mass is 9.93. The summed E-state index contributed by atoms with van der Waals surface area (Å²) in [5.74, 6) is -1.40. The molecule has 2 rings (SSSR count). The van der Waals surface area contributed by atoms with Crippen LogP contribution in [0.1, 0.15) is 26.3 Å². The molecular weight excluding hydrogens is 353 g/mol. The van der Waals surface area contributed by atoms with E-state index in [1.807, 2.05) is 5.32 Å². The fraction of sp³-hybridized carbons (Fsp3) is 0.412. The van der Waals surface area contributed by atoms with Gasteiger partial charge in [0.1, 0.15) is 5.54 Å². The number of alkyl halides is 3. The largest absolute Gasteiger partial charge is 0.480 e. The van der Waals surface area contributed by atoms with E-state index in [4.69, 9.17) is 0 Å². The van der Waals surface area contributed by atoms with Gasteiger partial charge < -0.3 is 20.1 Å². The maximum atomic E-state index is 12.8. The van der Waals surface area contributed by atoms with Crippen LogP contribution < -0.4 is 5.32 Å². The number of benzene rings is 1. The van der Waals surface area contributed by atoms with Crippen LogP contribution in [0.4, 0.5) is 18.0 Å². The molecule has 142 valence electrons. The molecule has 6 nitrogen and oxygen atoms in total. The number of aromatic nitrogens is 1. The van der Waals surface area contributed by atoms with Crippen molar-refractivity contribution in [3.05, 3.63) is 36.0 Å². The van der Waals surface area contributed by atoms with Gasteiger partial charge in [-0.1, -0.05) is 18.2 Å². The first kappa shape index (κ1) is 19.6. The topological polar surface area (TPSA) is 91.4 Å². The van der Waals surface area contributed by atoms with Gasteiger partial charge in [0.25, 0.3) is 0 Å². The molecule has 1 amide bonds. The number of carbonyl (C=O) groups excluding carboxylic acids is 1. The molecule has 1 heterocycles. The summed E-state index contributed by atoms with van der Waals surface area (Å²) < 4.78 is 42.9. The van der Waals surface area contributed by atoms with Crippen molar-refractivity contribution in [3.63, 3.8) is 0 Å². The summed E-state index contributed by atoms with van der Waals surface area (Å²) in [5, 5.41) is 12.3. The molecular formula is C17H19F3N2O4. The molecule has 2 aromatic rings. The maximum absolute atomic E-state index is 12.8. The highest BCUT2D eigenvalue weighted by Gasteiger charge is 2.51. The number of fused-ring (bicyclic) bond motifs is 1. The number of halogens is 3. The van der Waals surface area contributed by atoms with Gasteiger partial charge in [0, 0.05) is 23.5 Å². The number of carbonyl (C=O) groups is 2. The Morgan fingerprint density at radius 1 is 1.19 bits per heavy atom. The number of rotatable bonds is 5. The number of nitrogens with one attached hydrogen (secondary N) is 2. The molecule has 9 heteroatoms. The number of carboxylic acid groups (broad SMARTS) is 1. The first-order chi connectivity index (χ1) is 11.9. The van der Waals surface area contributed by atoms with E-state index in [1.54, 1.807) is 30.5 Å². The van der Waals surface area contributed by atoms with Gasteiger partial charge in [0.15, 0.2) is 0 Å². The number of aliphatic carboxylic acids is 1. The average Bonchev–Trinajstić information content (AvgIpc) is 2.88. The fourth-order valence-corrected chi connectivity index (χ4v) is 2.37. The number of para-hydroxylation sites is 1. The number of hydrogen-bond donors (Lipinski definition) is 3. The first-order valence-corrected chi connectivity index (χ1v) is 7.72. The minimum atomic E-state index is -4.79. The summed E-state index contributed by atoms with van der Waals surface area (Å²) in [6, 6.07) is 7.14. The Morgan fingerprint density at radius 2 is 1.81 bits per heavy atom. The lowest BCUT2D eigenvalue weighted by Gasteiger charge is -2.31. The molecule has 0 saturated heterocycles. The predicted molar refractivity (Wildman–Crippen MR) is 87.8 cm³/mol. The summed E-state index contributed by atoms with van der Waals surface area (Å²) in [6.45, 7) is 2.58. The lowest BCUT2D eigenvalue weighted by molar-refractivity contribution is -0.244. The molecule has 0 radical (unpaired) electrons. The summed E-state index contributed by atoms with van der Waals surface area (Å²) in [6.07, 6.45) is -4.80. The quantitative estimate of drug-likeness (QED) is 0.748. The highest BCUT2D eigenvalue weighted by molar-refractivity contribution is 5.87. The lowest BCUT2D eigenvalue weighted by Crippen LogP contribution is -2.56. The normalized spacial score (nSPS) is 14.7. The van der Waals surface area contributed by atoms with Gasteiger partial charge >= 0.3 is 18.2 Å². The van der Waals surface area contributed by atoms with Crippen LogP contribution >= 0.6 is 0 Å². The van der Waals surface area contributed by atoms with E-state index in [2.05, 4.69) is 9.72 Å².